The van der Waals surface area contributed by atoms with Gasteiger partial charge >= 0.3 is 11.7 Å². The number of aromatic nitrogens is 2. The second-order valence-corrected chi connectivity index (χ2v) is 9.73. The fourth-order valence-corrected chi connectivity index (χ4v) is 5.40. The molecule has 2 N–H and O–H groups in total. The zero-order valence-corrected chi connectivity index (χ0v) is 20.6. The summed E-state index contributed by atoms with van der Waals surface area (Å²) in [6, 6.07) is 3.12. The standard InChI is InChI=1S/C26H37FN4O4/c1-2-35-24(32)14-8-9-15-28-31-25(33)20-16-21(27)22(29-18-10-4-3-5-11-18)17-23(20)30(26(31)34)19-12-6-7-13-19/h16-19,28-29H,2-15H2,1H3. The number of fused-ring (bicyclic) bond motifs is 1. The Labute approximate surface area is 204 Å². The Kier molecular flexibility index (Phi) is 8.46. The molecule has 9 heteroatoms. The zero-order chi connectivity index (χ0) is 24.8. The molecule has 0 atom stereocenters. The van der Waals surface area contributed by atoms with Crippen LogP contribution in [0.1, 0.15) is 90.0 Å². The minimum absolute atomic E-state index is 0.0181. The van der Waals surface area contributed by atoms with Crippen molar-refractivity contribution in [2.75, 3.05) is 23.9 Å². The topological polar surface area (TPSA) is 94.4 Å². The summed E-state index contributed by atoms with van der Waals surface area (Å²) in [4.78, 5) is 38.3. The van der Waals surface area contributed by atoms with Crippen LogP contribution in [0.15, 0.2) is 21.7 Å². The summed E-state index contributed by atoms with van der Waals surface area (Å²) >= 11 is 0. The van der Waals surface area contributed by atoms with Crippen molar-refractivity contribution in [1.29, 1.82) is 0 Å². The van der Waals surface area contributed by atoms with E-state index in [9.17, 15) is 14.4 Å². The Hall–Kier alpha value is -2.84. The van der Waals surface area contributed by atoms with Crippen LogP contribution in [-0.2, 0) is 9.53 Å². The summed E-state index contributed by atoms with van der Waals surface area (Å²) in [6.07, 6.45) is 10.6. The number of carbonyl (C=O) groups excluding carboxylic acids is 1. The number of nitrogens with one attached hydrogen (secondary N) is 2. The Morgan fingerprint density at radius 2 is 1.77 bits per heavy atom. The van der Waals surface area contributed by atoms with Crippen molar-refractivity contribution < 1.29 is 13.9 Å². The molecule has 35 heavy (non-hydrogen) atoms. The Balaban J connectivity index is 1.63. The predicted molar refractivity (Wildman–Crippen MR) is 135 cm³/mol. The minimum atomic E-state index is -0.548. The van der Waals surface area contributed by atoms with E-state index in [4.69, 9.17) is 4.74 Å². The van der Waals surface area contributed by atoms with Crippen molar-refractivity contribution >= 4 is 22.6 Å². The highest BCUT2D eigenvalue weighted by Crippen LogP contribution is 2.32. The van der Waals surface area contributed by atoms with Crippen molar-refractivity contribution in [3.63, 3.8) is 0 Å². The Morgan fingerprint density at radius 3 is 2.49 bits per heavy atom. The van der Waals surface area contributed by atoms with Crippen LogP contribution in [0.25, 0.3) is 10.9 Å². The molecule has 0 radical (unpaired) electrons. The summed E-state index contributed by atoms with van der Waals surface area (Å²) < 4.78 is 22.7. The number of rotatable bonds is 10. The van der Waals surface area contributed by atoms with Gasteiger partial charge in [-0.05, 0) is 57.6 Å². The van der Waals surface area contributed by atoms with Crippen molar-refractivity contribution in [3.05, 3.63) is 38.8 Å². The maximum atomic E-state index is 15.1. The molecule has 0 aliphatic heterocycles. The van der Waals surface area contributed by atoms with E-state index in [1.54, 1.807) is 17.6 Å². The lowest BCUT2D eigenvalue weighted by molar-refractivity contribution is -0.143. The molecule has 4 rings (SSSR count). The molecule has 1 aromatic heterocycles. The molecule has 192 valence electrons. The molecule has 0 bridgehead atoms. The second-order valence-electron chi connectivity index (χ2n) is 9.73. The van der Waals surface area contributed by atoms with E-state index in [2.05, 4.69) is 10.7 Å². The highest BCUT2D eigenvalue weighted by atomic mass is 19.1. The second kappa shape index (κ2) is 11.7. The number of esters is 1. The lowest BCUT2D eigenvalue weighted by Crippen LogP contribution is -2.46. The van der Waals surface area contributed by atoms with Gasteiger partial charge in [0, 0.05) is 25.0 Å². The first-order valence-electron chi connectivity index (χ1n) is 13.2. The number of ether oxygens (including phenoxy) is 1. The van der Waals surface area contributed by atoms with Crippen LogP contribution in [0.3, 0.4) is 0 Å². The number of halogens is 1. The maximum Gasteiger partial charge on any atom is 0.350 e. The van der Waals surface area contributed by atoms with E-state index in [1.165, 1.54) is 12.5 Å². The van der Waals surface area contributed by atoms with Gasteiger partial charge in [0.1, 0.15) is 5.82 Å². The molecule has 1 aromatic carbocycles. The average molecular weight is 489 g/mol. The van der Waals surface area contributed by atoms with Crippen LogP contribution in [0.2, 0.25) is 0 Å². The van der Waals surface area contributed by atoms with Crippen molar-refractivity contribution in [3.8, 4) is 0 Å². The fourth-order valence-electron chi connectivity index (χ4n) is 5.40. The number of anilines is 1. The number of hydrogen-bond acceptors (Lipinski definition) is 6. The van der Waals surface area contributed by atoms with Gasteiger partial charge in [-0.2, -0.15) is 4.68 Å². The normalized spacial score (nSPS) is 17.1. The number of hydrogen-bond donors (Lipinski definition) is 2. The van der Waals surface area contributed by atoms with Gasteiger partial charge in [0.2, 0.25) is 0 Å². The van der Waals surface area contributed by atoms with Crippen molar-refractivity contribution in [2.24, 2.45) is 0 Å². The lowest BCUT2D eigenvalue weighted by Gasteiger charge is -2.25. The van der Waals surface area contributed by atoms with Crippen LogP contribution >= 0.6 is 0 Å². The number of unbranched alkanes of at least 4 members (excludes halogenated alkanes) is 1. The molecule has 2 aliphatic rings. The first-order chi connectivity index (χ1) is 17.0. The quantitative estimate of drug-likeness (QED) is 0.379. The average Bonchev–Trinajstić information content (AvgIpc) is 3.37. The molecular formula is C26H37FN4O4. The van der Waals surface area contributed by atoms with Crippen molar-refractivity contribution in [2.45, 2.75) is 96.1 Å². The summed E-state index contributed by atoms with van der Waals surface area (Å²) in [5.41, 5.74) is 2.81. The van der Waals surface area contributed by atoms with Gasteiger partial charge in [-0.1, -0.05) is 32.1 Å². The van der Waals surface area contributed by atoms with Crippen LogP contribution in [0.5, 0.6) is 0 Å². The third-order valence-electron chi connectivity index (χ3n) is 7.21. The monoisotopic (exact) mass is 488 g/mol. The van der Waals surface area contributed by atoms with Gasteiger partial charge in [0.15, 0.2) is 0 Å². The number of carbonyl (C=O) groups is 1. The molecule has 0 saturated heterocycles. The Morgan fingerprint density at radius 1 is 1.06 bits per heavy atom. The molecule has 2 aliphatic carbocycles. The fraction of sp³-hybridized carbons (Fsp3) is 0.654. The molecule has 0 spiro atoms. The van der Waals surface area contributed by atoms with Crippen LogP contribution in [0, 0.1) is 5.82 Å². The van der Waals surface area contributed by atoms with E-state index < -0.39 is 17.1 Å². The molecule has 2 saturated carbocycles. The van der Waals surface area contributed by atoms with Gasteiger partial charge in [0.25, 0.3) is 5.56 Å². The highest BCUT2D eigenvalue weighted by Gasteiger charge is 2.25. The minimum Gasteiger partial charge on any atom is -0.466 e. The van der Waals surface area contributed by atoms with Crippen molar-refractivity contribution in [1.82, 2.24) is 9.24 Å². The van der Waals surface area contributed by atoms with E-state index in [-0.39, 0.29) is 29.9 Å². The largest absolute Gasteiger partial charge is 0.466 e. The van der Waals surface area contributed by atoms with Gasteiger partial charge < -0.3 is 15.5 Å². The zero-order valence-electron chi connectivity index (χ0n) is 20.6. The van der Waals surface area contributed by atoms with Gasteiger partial charge in [-0.3, -0.25) is 14.2 Å². The third-order valence-corrected chi connectivity index (χ3v) is 7.21. The van der Waals surface area contributed by atoms with E-state index >= 15 is 4.39 Å². The Bertz CT molecular complexity index is 1150. The summed E-state index contributed by atoms with van der Waals surface area (Å²) in [6.45, 7) is 2.45. The number of nitrogens with zero attached hydrogens (tertiary/aromatic N) is 2. The summed E-state index contributed by atoms with van der Waals surface area (Å²) in [5.74, 6) is -0.732. The molecule has 2 aromatic rings. The third kappa shape index (κ3) is 5.87. The molecule has 1 heterocycles. The molecule has 8 nitrogen and oxygen atoms in total. The van der Waals surface area contributed by atoms with Gasteiger partial charge in [-0.25, -0.2) is 9.18 Å². The van der Waals surface area contributed by atoms with Gasteiger partial charge in [-0.15, -0.1) is 0 Å². The lowest BCUT2D eigenvalue weighted by atomic mass is 9.95. The SMILES string of the molecule is CCOC(=O)CCCCNn1c(=O)c2cc(F)c(NC3CCCCC3)cc2n(C2CCCC2)c1=O. The first kappa shape index (κ1) is 25.3. The summed E-state index contributed by atoms with van der Waals surface area (Å²) in [5, 5.41) is 3.52. The smallest absolute Gasteiger partial charge is 0.350 e. The maximum absolute atomic E-state index is 15.1. The van der Waals surface area contributed by atoms with E-state index in [0.29, 0.717) is 37.2 Å². The number of benzene rings is 1. The van der Waals surface area contributed by atoms with E-state index in [1.807, 2.05) is 0 Å². The van der Waals surface area contributed by atoms with Gasteiger partial charge in [0.05, 0.1) is 23.2 Å². The van der Waals surface area contributed by atoms with E-state index in [0.717, 1.165) is 56.0 Å². The molecular weight excluding hydrogens is 451 g/mol. The van der Waals surface area contributed by atoms with Crippen LogP contribution in [0.4, 0.5) is 10.1 Å². The first-order valence-corrected chi connectivity index (χ1v) is 13.2. The summed E-state index contributed by atoms with van der Waals surface area (Å²) in [7, 11) is 0. The predicted octanol–water partition coefficient (Wildman–Crippen LogP) is 4.44. The molecule has 0 unspecified atom stereocenters. The molecule has 0 amide bonds. The highest BCUT2D eigenvalue weighted by molar-refractivity contribution is 5.82. The van der Waals surface area contributed by atoms with Crippen LogP contribution in [-0.4, -0.2) is 34.4 Å². The van der Waals surface area contributed by atoms with Crippen LogP contribution < -0.4 is 22.0 Å². The molecule has 2 fully saturated rings.